The van der Waals surface area contributed by atoms with Gasteiger partial charge in [-0.2, -0.15) is 11.8 Å². The molecule has 46 heavy (non-hydrogen) atoms. The lowest BCUT2D eigenvalue weighted by atomic mass is 9.96. The number of rotatable bonds is 11. The van der Waals surface area contributed by atoms with Crippen molar-refractivity contribution in [1.29, 1.82) is 0 Å². The highest BCUT2D eigenvalue weighted by atomic mass is 32.2. The van der Waals surface area contributed by atoms with Crippen LogP contribution in [-0.2, 0) is 5.75 Å². The van der Waals surface area contributed by atoms with Crippen molar-refractivity contribution >= 4 is 39.7 Å². The Hall–Kier alpha value is -3.29. The summed E-state index contributed by atoms with van der Waals surface area (Å²) in [6.45, 7) is 8.12. The third-order valence-corrected chi connectivity index (χ3v) is 11.1. The fourth-order valence-corrected chi connectivity index (χ4v) is 8.07. The summed E-state index contributed by atoms with van der Waals surface area (Å²) in [5.74, 6) is -0.786. The number of likely N-dealkylation sites (tertiary alicyclic amines) is 1. The molecule has 1 saturated carbocycles. The maximum absolute atomic E-state index is 15.0. The number of nitrogens with zero attached hydrogens (tertiary/aromatic N) is 5. The number of piperazine rings is 1. The molecule has 0 spiro atoms. The maximum Gasteiger partial charge on any atom is 0.269 e. The van der Waals surface area contributed by atoms with Gasteiger partial charge in [-0.1, -0.05) is 19.3 Å². The van der Waals surface area contributed by atoms with Crippen molar-refractivity contribution in [2.75, 3.05) is 69.1 Å². The zero-order valence-electron chi connectivity index (χ0n) is 26.2. The van der Waals surface area contributed by atoms with E-state index in [9.17, 15) is 19.3 Å². The van der Waals surface area contributed by atoms with Gasteiger partial charge < -0.3 is 20.1 Å². The smallest absolute Gasteiger partial charge is 0.269 e. The molecule has 3 aromatic rings. The number of non-ortho nitro benzene ring substituents is 1. The highest BCUT2D eigenvalue weighted by Crippen LogP contribution is 2.31. The molecule has 3 heterocycles. The minimum Gasteiger partial charge on any atom is -0.382 e. The van der Waals surface area contributed by atoms with Gasteiger partial charge in [-0.15, -0.1) is 0 Å². The molecule has 1 aromatic heterocycles. The molecular weight excluding hydrogens is 612 g/mol. The number of fused-ring (bicyclic) bond motifs is 1. The molecule has 248 valence electrons. The molecule has 0 amide bonds. The molecule has 13 heteroatoms. The number of aromatic amines is 1. The van der Waals surface area contributed by atoms with Gasteiger partial charge in [0.05, 0.1) is 21.9 Å². The summed E-state index contributed by atoms with van der Waals surface area (Å²) in [7, 11) is 0. The second-order valence-electron chi connectivity index (χ2n) is 12.8. The standard InChI is InChI=1S/C33H43F2N7O3S/c34-31-28(20-27-30(32(31)35)33(43)38-29(37-27)22-46-26-4-2-1-3-5-26)36-21-23-10-12-39(13-11-23)14-15-40-16-18-41(19-17-40)24-6-8-25(9-7-24)42(44)45/h6-9,20,23,26,36H,1-5,10-19,21-22H2,(H,37,38,43). The normalized spacial score (nSPS) is 19.1. The van der Waals surface area contributed by atoms with Crippen LogP contribution >= 0.6 is 11.8 Å². The monoisotopic (exact) mass is 655 g/mol. The minimum absolute atomic E-state index is 0.0595. The molecule has 0 unspecified atom stereocenters. The van der Waals surface area contributed by atoms with E-state index in [1.165, 1.54) is 38.2 Å². The van der Waals surface area contributed by atoms with Gasteiger partial charge >= 0.3 is 0 Å². The molecule has 0 atom stereocenters. The Morgan fingerprint density at radius 1 is 0.935 bits per heavy atom. The predicted molar refractivity (Wildman–Crippen MR) is 180 cm³/mol. The Morgan fingerprint density at radius 2 is 1.61 bits per heavy atom. The van der Waals surface area contributed by atoms with Crippen LogP contribution < -0.4 is 15.8 Å². The van der Waals surface area contributed by atoms with Crippen LogP contribution in [0.5, 0.6) is 0 Å². The first kappa shape index (κ1) is 32.6. The highest BCUT2D eigenvalue weighted by Gasteiger charge is 2.24. The molecule has 2 saturated heterocycles. The molecule has 3 aliphatic rings. The zero-order valence-corrected chi connectivity index (χ0v) is 27.0. The van der Waals surface area contributed by atoms with Crippen LogP contribution in [0.25, 0.3) is 10.9 Å². The fourth-order valence-electron chi connectivity index (χ4n) is 6.88. The lowest BCUT2D eigenvalue weighted by Gasteiger charge is -2.38. The summed E-state index contributed by atoms with van der Waals surface area (Å²) in [4.78, 5) is 37.6. The minimum atomic E-state index is -1.15. The van der Waals surface area contributed by atoms with Crippen LogP contribution in [-0.4, -0.2) is 88.8 Å². The molecule has 6 rings (SSSR count). The molecule has 1 aliphatic carbocycles. The summed E-state index contributed by atoms with van der Waals surface area (Å²) in [6, 6.07) is 8.25. The van der Waals surface area contributed by atoms with Gasteiger partial charge in [0, 0.05) is 68.9 Å². The molecule has 3 fully saturated rings. The van der Waals surface area contributed by atoms with Gasteiger partial charge in [0.2, 0.25) is 0 Å². The van der Waals surface area contributed by atoms with Crippen LogP contribution in [0.15, 0.2) is 35.1 Å². The van der Waals surface area contributed by atoms with E-state index in [2.05, 4.69) is 30.0 Å². The van der Waals surface area contributed by atoms with Gasteiger partial charge in [0.25, 0.3) is 11.2 Å². The van der Waals surface area contributed by atoms with E-state index in [-0.39, 0.29) is 27.2 Å². The van der Waals surface area contributed by atoms with Crippen molar-refractivity contribution in [1.82, 2.24) is 19.8 Å². The third kappa shape index (κ3) is 7.98. The first-order chi connectivity index (χ1) is 22.3. The molecule has 0 radical (unpaired) electrons. The number of halogens is 2. The molecule has 2 N–H and O–H groups in total. The third-order valence-electron chi connectivity index (χ3n) is 9.75. The van der Waals surface area contributed by atoms with Crippen molar-refractivity contribution < 1.29 is 13.7 Å². The van der Waals surface area contributed by atoms with Crippen molar-refractivity contribution in [3.63, 3.8) is 0 Å². The quantitative estimate of drug-likeness (QED) is 0.201. The zero-order chi connectivity index (χ0) is 32.0. The van der Waals surface area contributed by atoms with E-state index in [0.29, 0.717) is 29.3 Å². The van der Waals surface area contributed by atoms with E-state index >= 15 is 4.39 Å². The van der Waals surface area contributed by atoms with E-state index in [4.69, 9.17) is 0 Å². The van der Waals surface area contributed by atoms with Crippen LogP contribution in [0, 0.1) is 27.7 Å². The number of hydrogen-bond acceptors (Lipinski definition) is 9. The summed E-state index contributed by atoms with van der Waals surface area (Å²) in [5, 5.41) is 14.3. The van der Waals surface area contributed by atoms with Crippen molar-refractivity contribution in [3.8, 4) is 0 Å². The Labute approximate surface area is 272 Å². The average molecular weight is 656 g/mol. The van der Waals surface area contributed by atoms with Crippen LogP contribution in [0.3, 0.4) is 0 Å². The number of hydrogen-bond donors (Lipinski definition) is 2. The number of H-pyrrole nitrogens is 1. The van der Waals surface area contributed by atoms with Crippen molar-refractivity contribution in [2.45, 2.75) is 55.9 Å². The van der Waals surface area contributed by atoms with Crippen molar-refractivity contribution in [3.05, 3.63) is 68.3 Å². The number of benzene rings is 2. The Bertz CT molecular complexity index is 1550. The van der Waals surface area contributed by atoms with Gasteiger partial charge in [-0.05, 0) is 62.9 Å². The number of nitro groups is 1. The first-order valence-corrected chi connectivity index (χ1v) is 17.6. The topological polar surface area (TPSA) is 111 Å². The lowest BCUT2D eigenvalue weighted by molar-refractivity contribution is -0.384. The van der Waals surface area contributed by atoms with Crippen molar-refractivity contribution in [2.24, 2.45) is 5.92 Å². The summed E-state index contributed by atoms with van der Waals surface area (Å²) >= 11 is 1.78. The van der Waals surface area contributed by atoms with Crippen LogP contribution in [0.1, 0.15) is 50.8 Å². The van der Waals surface area contributed by atoms with Gasteiger partial charge in [-0.25, -0.2) is 13.8 Å². The Balaban J connectivity index is 0.948. The fraction of sp³-hybridized carbons (Fsp3) is 0.576. The first-order valence-electron chi connectivity index (χ1n) is 16.5. The number of nitrogens with one attached hydrogen (secondary N) is 2. The summed E-state index contributed by atoms with van der Waals surface area (Å²) < 4.78 is 30.0. The number of anilines is 2. The van der Waals surface area contributed by atoms with E-state index in [1.54, 1.807) is 23.9 Å². The Morgan fingerprint density at radius 3 is 2.28 bits per heavy atom. The highest BCUT2D eigenvalue weighted by molar-refractivity contribution is 7.99. The second kappa shape index (κ2) is 15.1. The molecule has 2 aromatic carbocycles. The van der Waals surface area contributed by atoms with Gasteiger partial charge in [0.1, 0.15) is 11.2 Å². The van der Waals surface area contributed by atoms with Gasteiger partial charge in [0.15, 0.2) is 11.6 Å². The molecule has 2 aliphatic heterocycles. The summed E-state index contributed by atoms with van der Waals surface area (Å²) in [5.41, 5.74) is 0.744. The van der Waals surface area contributed by atoms with E-state index in [0.717, 1.165) is 70.9 Å². The number of nitro benzene ring substituents is 1. The van der Waals surface area contributed by atoms with Gasteiger partial charge in [-0.3, -0.25) is 19.8 Å². The molecule has 0 bridgehead atoms. The molecule has 10 nitrogen and oxygen atoms in total. The van der Waals surface area contributed by atoms with E-state index < -0.39 is 17.2 Å². The molecular formula is C33H43F2N7O3S. The number of aromatic nitrogens is 2. The SMILES string of the molecule is O=c1[nH]c(CSC2CCCCC2)nc2cc(NCC3CCN(CCN4CCN(c5ccc([N+](=O)[O-])cc5)CC4)CC3)c(F)c(F)c12. The Kier molecular flexibility index (Phi) is 10.7. The summed E-state index contributed by atoms with van der Waals surface area (Å²) in [6.07, 6.45) is 8.00. The second-order valence-corrected chi connectivity index (χ2v) is 14.1. The number of piperidine rings is 1. The largest absolute Gasteiger partial charge is 0.382 e. The number of thioether (sulfide) groups is 1. The average Bonchev–Trinajstić information content (AvgIpc) is 3.08. The van der Waals surface area contributed by atoms with Crippen LogP contribution in [0.4, 0.5) is 25.8 Å². The van der Waals surface area contributed by atoms with E-state index in [1.807, 2.05) is 12.1 Å². The lowest BCUT2D eigenvalue weighted by Crippen LogP contribution is -2.49. The van der Waals surface area contributed by atoms with Crippen LogP contribution in [0.2, 0.25) is 0 Å². The maximum atomic E-state index is 15.0. The predicted octanol–water partition coefficient (Wildman–Crippen LogP) is 5.62.